The van der Waals surface area contributed by atoms with Crippen LogP contribution in [-0.4, -0.2) is 23.3 Å². The first kappa shape index (κ1) is 12.6. The van der Waals surface area contributed by atoms with Crippen LogP contribution in [0.15, 0.2) is 28.8 Å². The van der Waals surface area contributed by atoms with Gasteiger partial charge in [-0.2, -0.15) is 0 Å². The number of carboxylic acid groups (broad SMARTS) is 1. The van der Waals surface area contributed by atoms with Gasteiger partial charge in [-0.3, -0.25) is 0 Å². The molecule has 6 heteroatoms. The molecule has 0 saturated heterocycles. The minimum Gasteiger partial charge on any atom is -0.496 e. The van der Waals surface area contributed by atoms with E-state index in [0.29, 0.717) is 11.3 Å². The topological polar surface area (TPSA) is 72.6 Å². The van der Waals surface area contributed by atoms with Crippen molar-refractivity contribution in [2.75, 3.05) is 7.11 Å². The minimum absolute atomic E-state index is 0.0522. The Morgan fingerprint density at radius 1 is 1.50 bits per heavy atom. The molecular formula is C12H10BrNO4. The number of aromatic nitrogens is 1. The predicted molar refractivity (Wildman–Crippen MR) is 68.1 cm³/mol. The Kier molecular flexibility index (Phi) is 3.66. The highest BCUT2D eigenvalue weighted by molar-refractivity contribution is 9.08. The molecule has 2 aromatic rings. The summed E-state index contributed by atoms with van der Waals surface area (Å²) in [7, 11) is 1.52. The van der Waals surface area contributed by atoms with E-state index in [1.54, 1.807) is 24.3 Å². The Bertz CT molecular complexity index is 579. The van der Waals surface area contributed by atoms with Gasteiger partial charge in [0.1, 0.15) is 17.0 Å². The molecular weight excluding hydrogens is 302 g/mol. The molecule has 94 valence electrons. The number of hydrogen-bond acceptors (Lipinski definition) is 4. The van der Waals surface area contributed by atoms with Crippen molar-refractivity contribution in [2.45, 2.75) is 5.33 Å². The first-order valence-electron chi connectivity index (χ1n) is 5.10. The summed E-state index contributed by atoms with van der Waals surface area (Å²) in [5.74, 6) is -0.246. The lowest BCUT2D eigenvalue weighted by Gasteiger charge is -2.05. The number of carboxylic acids is 1. The van der Waals surface area contributed by atoms with Crippen molar-refractivity contribution in [1.82, 2.24) is 5.16 Å². The maximum atomic E-state index is 11.3. The van der Waals surface area contributed by atoms with E-state index in [9.17, 15) is 9.90 Å². The molecule has 0 atom stereocenters. The molecule has 0 spiro atoms. The summed E-state index contributed by atoms with van der Waals surface area (Å²) in [5, 5.41) is 13.3. The maximum absolute atomic E-state index is 11.3. The Balaban J connectivity index is 2.64. The van der Waals surface area contributed by atoms with Gasteiger partial charge in [0.15, 0.2) is 5.76 Å². The quantitative estimate of drug-likeness (QED) is 0.879. The van der Waals surface area contributed by atoms with E-state index in [1.807, 2.05) is 0 Å². The van der Waals surface area contributed by atoms with Crippen molar-refractivity contribution in [1.29, 1.82) is 0 Å². The third-order valence-corrected chi connectivity index (χ3v) is 2.97. The molecule has 0 aliphatic carbocycles. The van der Waals surface area contributed by atoms with Crippen molar-refractivity contribution in [3.63, 3.8) is 0 Å². The van der Waals surface area contributed by atoms with Gasteiger partial charge in [-0.25, -0.2) is 4.79 Å². The number of hydrogen-bond donors (Lipinski definition) is 1. The first-order chi connectivity index (χ1) is 8.69. The van der Waals surface area contributed by atoms with Crippen molar-refractivity contribution < 1.29 is 19.2 Å². The zero-order chi connectivity index (χ0) is 13.1. The van der Waals surface area contributed by atoms with Crippen LogP contribution in [0, 0.1) is 0 Å². The number of aromatic carboxylic acids is 1. The van der Waals surface area contributed by atoms with E-state index in [4.69, 9.17) is 9.26 Å². The smallest absolute Gasteiger partial charge is 0.341 e. The van der Waals surface area contributed by atoms with Gasteiger partial charge in [-0.15, -0.1) is 0 Å². The highest BCUT2D eigenvalue weighted by Gasteiger charge is 2.24. The van der Waals surface area contributed by atoms with Gasteiger partial charge in [-0.05, 0) is 12.1 Å². The molecule has 0 saturated carbocycles. The van der Waals surface area contributed by atoms with Crippen LogP contribution in [0.25, 0.3) is 11.3 Å². The fourth-order valence-corrected chi connectivity index (χ4v) is 2.04. The van der Waals surface area contributed by atoms with Crippen molar-refractivity contribution in [2.24, 2.45) is 0 Å². The number of alkyl halides is 1. The summed E-state index contributed by atoms with van der Waals surface area (Å²) >= 11 is 3.17. The predicted octanol–water partition coefficient (Wildman–Crippen LogP) is 2.94. The average molecular weight is 312 g/mol. The fourth-order valence-electron chi connectivity index (χ4n) is 1.66. The molecule has 0 aliphatic rings. The van der Waals surface area contributed by atoms with Crippen LogP contribution in [0.1, 0.15) is 16.1 Å². The Hall–Kier alpha value is -1.82. The Morgan fingerprint density at radius 2 is 2.22 bits per heavy atom. The van der Waals surface area contributed by atoms with Gasteiger partial charge in [0.2, 0.25) is 0 Å². The molecule has 0 amide bonds. The molecule has 18 heavy (non-hydrogen) atoms. The molecule has 5 nitrogen and oxygen atoms in total. The lowest BCUT2D eigenvalue weighted by atomic mass is 10.1. The number of para-hydroxylation sites is 1. The summed E-state index contributed by atoms with van der Waals surface area (Å²) < 4.78 is 10.2. The Morgan fingerprint density at radius 3 is 2.83 bits per heavy atom. The molecule has 1 N–H and O–H groups in total. The van der Waals surface area contributed by atoms with Gasteiger partial charge >= 0.3 is 5.97 Å². The van der Waals surface area contributed by atoms with E-state index < -0.39 is 5.97 Å². The van der Waals surface area contributed by atoms with Gasteiger partial charge in [0.25, 0.3) is 0 Å². The van der Waals surface area contributed by atoms with Gasteiger partial charge in [0, 0.05) is 5.56 Å². The molecule has 1 aromatic heterocycles. The van der Waals surface area contributed by atoms with Crippen LogP contribution in [0.5, 0.6) is 5.75 Å². The number of benzene rings is 1. The fraction of sp³-hybridized carbons (Fsp3) is 0.167. The Labute approximate surface area is 111 Å². The molecule has 0 aliphatic heterocycles. The van der Waals surface area contributed by atoms with E-state index in [0.717, 1.165) is 0 Å². The summed E-state index contributed by atoms with van der Waals surface area (Å²) in [5.41, 5.74) is 0.916. The van der Waals surface area contributed by atoms with Crippen LogP contribution >= 0.6 is 15.9 Å². The second-order valence-electron chi connectivity index (χ2n) is 3.47. The number of nitrogens with zero attached hydrogens (tertiary/aromatic N) is 1. The second kappa shape index (κ2) is 5.22. The number of carbonyl (C=O) groups is 1. The number of ether oxygens (including phenoxy) is 1. The van der Waals surface area contributed by atoms with E-state index in [2.05, 4.69) is 21.1 Å². The van der Waals surface area contributed by atoms with Crippen LogP contribution < -0.4 is 4.74 Å². The monoisotopic (exact) mass is 311 g/mol. The standard InChI is InChI=1S/C12H10BrNO4/c1-17-8-5-3-2-4-7(8)11-10(12(15)16)9(6-13)18-14-11/h2-5H,6H2,1H3,(H,15,16). The zero-order valence-corrected chi connectivity index (χ0v) is 11.1. The van der Waals surface area contributed by atoms with Crippen LogP contribution in [0.4, 0.5) is 0 Å². The van der Waals surface area contributed by atoms with E-state index in [-0.39, 0.29) is 22.3 Å². The largest absolute Gasteiger partial charge is 0.496 e. The van der Waals surface area contributed by atoms with Crippen molar-refractivity contribution >= 4 is 21.9 Å². The molecule has 0 unspecified atom stereocenters. The van der Waals surface area contributed by atoms with Crippen LogP contribution in [0.2, 0.25) is 0 Å². The number of halogens is 1. The third kappa shape index (κ3) is 2.11. The van der Waals surface area contributed by atoms with Crippen LogP contribution in [-0.2, 0) is 5.33 Å². The molecule has 1 aromatic carbocycles. The summed E-state index contributed by atoms with van der Waals surface area (Å²) in [4.78, 5) is 11.3. The lowest BCUT2D eigenvalue weighted by molar-refractivity contribution is 0.0695. The normalized spacial score (nSPS) is 10.3. The van der Waals surface area contributed by atoms with Crippen LogP contribution in [0.3, 0.4) is 0 Å². The van der Waals surface area contributed by atoms with Crippen molar-refractivity contribution in [3.8, 4) is 17.0 Å². The minimum atomic E-state index is -1.08. The number of rotatable bonds is 4. The lowest BCUT2D eigenvalue weighted by Crippen LogP contribution is -2.01. The summed E-state index contributed by atoms with van der Waals surface area (Å²) in [6.45, 7) is 0. The maximum Gasteiger partial charge on any atom is 0.341 e. The first-order valence-corrected chi connectivity index (χ1v) is 6.22. The molecule has 0 fully saturated rings. The highest BCUT2D eigenvalue weighted by atomic mass is 79.9. The number of methoxy groups -OCH3 is 1. The third-order valence-electron chi connectivity index (χ3n) is 2.46. The molecule has 0 bridgehead atoms. The van der Waals surface area contributed by atoms with Crippen molar-refractivity contribution in [3.05, 3.63) is 35.6 Å². The van der Waals surface area contributed by atoms with Gasteiger partial charge in [0.05, 0.1) is 12.4 Å². The van der Waals surface area contributed by atoms with E-state index in [1.165, 1.54) is 7.11 Å². The van der Waals surface area contributed by atoms with E-state index >= 15 is 0 Å². The molecule has 1 heterocycles. The molecule has 0 radical (unpaired) electrons. The summed E-state index contributed by atoms with van der Waals surface area (Å²) in [6, 6.07) is 7.06. The SMILES string of the molecule is COc1ccccc1-c1noc(CBr)c1C(=O)O. The van der Waals surface area contributed by atoms with Gasteiger partial charge in [-0.1, -0.05) is 33.2 Å². The zero-order valence-electron chi connectivity index (χ0n) is 9.51. The summed E-state index contributed by atoms with van der Waals surface area (Å²) in [6.07, 6.45) is 0. The second-order valence-corrected chi connectivity index (χ2v) is 4.03. The molecule has 2 rings (SSSR count). The average Bonchev–Trinajstić information content (AvgIpc) is 2.82. The highest BCUT2D eigenvalue weighted by Crippen LogP contribution is 2.33. The van der Waals surface area contributed by atoms with Gasteiger partial charge < -0.3 is 14.4 Å².